The van der Waals surface area contributed by atoms with E-state index < -0.39 is 16.1 Å². The second-order valence-corrected chi connectivity index (χ2v) is 9.80. The molecule has 2 heterocycles. The van der Waals surface area contributed by atoms with Crippen LogP contribution in [-0.2, 0) is 16.1 Å². The van der Waals surface area contributed by atoms with Crippen molar-refractivity contribution in [3.05, 3.63) is 46.2 Å². The summed E-state index contributed by atoms with van der Waals surface area (Å²) in [5.41, 5.74) is 2.97. The van der Waals surface area contributed by atoms with E-state index in [1.165, 1.54) is 0 Å². The average molecular weight is 393 g/mol. The number of hydrogen-bond donors (Lipinski definition) is 1. The molecule has 0 bridgehead atoms. The smallest absolute Gasteiger partial charge is 0.144 e. The number of nitrogens with zero attached hydrogens (tertiary/aromatic N) is 2. The number of hydrogen-bond acceptors (Lipinski definition) is 6. The van der Waals surface area contributed by atoms with E-state index in [1.54, 1.807) is 17.4 Å². The van der Waals surface area contributed by atoms with E-state index in [9.17, 15) is 9.66 Å². The summed E-state index contributed by atoms with van der Waals surface area (Å²) in [4.78, 5) is 2.18. The van der Waals surface area contributed by atoms with Crippen LogP contribution in [0.15, 0.2) is 39.4 Å². The van der Waals surface area contributed by atoms with Crippen LogP contribution in [0.1, 0.15) is 31.9 Å². The molecule has 7 heteroatoms. The Morgan fingerprint density at radius 1 is 1.27 bits per heavy atom. The highest BCUT2D eigenvalue weighted by molar-refractivity contribution is 7.91. The first-order valence-corrected chi connectivity index (χ1v) is 10.6. The van der Waals surface area contributed by atoms with Crippen molar-refractivity contribution >= 4 is 34.1 Å². The molecule has 1 aliphatic rings. The predicted molar refractivity (Wildman–Crippen MR) is 109 cm³/mol. The Kier molecular flexibility index (Phi) is 5.92. The Balaban J connectivity index is 1.98. The lowest BCUT2D eigenvalue weighted by Gasteiger charge is -2.29. The minimum absolute atomic E-state index is 0.143. The summed E-state index contributed by atoms with van der Waals surface area (Å²) in [5, 5.41) is 14.6. The molecule has 26 heavy (non-hydrogen) atoms. The highest BCUT2D eigenvalue weighted by Gasteiger charge is 2.28. The van der Waals surface area contributed by atoms with Crippen molar-refractivity contribution in [3.8, 4) is 5.75 Å². The second-order valence-electron chi connectivity index (χ2n) is 7.11. The molecule has 0 radical (unpaired) electrons. The normalized spacial score (nSPS) is 17.4. The number of morpholine rings is 1. The zero-order chi connectivity index (χ0) is 18.7. The van der Waals surface area contributed by atoms with Gasteiger partial charge in [-0.2, -0.15) is 11.3 Å². The molecule has 1 N–H and O–H groups in total. The van der Waals surface area contributed by atoms with E-state index in [1.807, 2.05) is 49.7 Å². The lowest BCUT2D eigenvalue weighted by molar-refractivity contribution is 0.122. The number of anilines is 1. The molecule has 1 unspecified atom stereocenters. The van der Waals surface area contributed by atoms with Gasteiger partial charge in [-0.1, -0.05) is 4.40 Å². The Hall–Kier alpha value is -1.54. The van der Waals surface area contributed by atoms with Crippen molar-refractivity contribution in [1.29, 1.82) is 0 Å². The molecule has 0 amide bonds. The van der Waals surface area contributed by atoms with Gasteiger partial charge in [0.2, 0.25) is 0 Å². The van der Waals surface area contributed by atoms with Gasteiger partial charge in [0.25, 0.3) is 0 Å². The van der Waals surface area contributed by atoms with Crippen LogP contribution in [0, 0.1) is 0 Å². The molecule has 0 saturated carbocycles. The average Bonchev–Trinajstić information content (AvgIpc) is 3.14. The van der Waals surface area contributed by atoms with Gasteiger partial charge in [-0.05, 0) is 44.4 Å². The van der Waals surface area contributed by atoms with Gasteiger partial charge in [0.05, 0.1) is 13.2 Å². The molecule has 1 atom stereocenters. The predicted octanol–water partition coefficient (Wildman–Crippen LogP) is 3.59. The Morgan fingerprint density at radius 2 is 2.00 bits per heavy atom. The zero-order valence-corrected chi connectivity index (χ0v) is 16.9. The molecule has 140 valence electrons. The van der Waals surface area contributed by atoms with Gasteiger partial charge in [0.1, 0.15) is 27.6 Å². The highest BCUT2D eigenvalue weighted by Crippen LogP contribution is 2.30. The summed E-state index contributed by atoms with van der Waals surface area (Å²) < 4.78 is 22.0. The third-order valence-corrected chi connectivity index (χ3v) is 6.18. The molecular formula is C19H24N2O3S2. The van der Waals surface area contributed by atoms with E-state index in [-0.39, 0.29) is 5.75 Å². The van der Waals surface area contributed by atoms with Crippen molar-refractivity contribution in [3.63, 3.8) is 0 Å². The van der Waals surface area contributed by atoms with Gasteiger partial charge in [-0.15, -0.1) is 0 Å². The minimum Gasteiger partial charge on any atom is -0.591 e. The molecule has 0 aliphatic carbocycles. The Bertz CT molecular complexity index is 764. The number of thiophene rings is 1. The highest BCUT2D eigenvalue weighted by atomic mass is 32.2. The summed E-state index contributed by atoms with van der Waals surface area (Å²) in [6.45, 7) is 8.65. The second kappa shape index (κ2) is 8.00. The number of aromatic hydroxyl groups is 1. The maximum absolute atomic E-state index is 12.6. The molecule has 1 fully saturated rings. The van der Waals surface area contributed by atoms with Gasteiger partial charge < -0.3 is 19.3 Å². The number of ether oxygens (including phenoxy) is 1. The molecular weight excluding hydrogens is 368 g/mol. The number of rotatable bonds is 4. The summed E-state index contributed by atoms with van der Waals surface area (Å²) in [6, 6.07) is 7.51. The molecule has 1 saturated heterocycles. The van der Waals surface area contributed by atoms with Gasteiger partial charge >= 0.3 is 0 Å². The lowest BCUT2D eigenvalue weighted by atomic mass is 10.0. The number of phenols is 1. The SMILES string of the molecule is CC(C)(C)[S+]([O-])/N=C(/c1ccsc1)c1ccc(N2CCOCC2)cc1O. The van der Waals surface area contributed by atoms with Gasteiger partial charge in [-0.3, -0.25) is 0 Å². The van der Waals surface area contributed by atoms with Crippen LogP contribution in [0.2, 0.25) is 0 Å². The van der Waals surface area contributed by atoms with Crippen LogP contribution in [0.25, 0.3) is 0 Å². The summed E-state index contributed by atoms with van der Waals surface area (Å²) in [5.74, 6) is 0.143. The minimum atomic E-state index is -1.42. The third-order valence-electron chi connectivity index (χ3n) is 4.11. The molecule has 0 spiro atoms. The van der Waals surface area contributed by atoms with Crippen LogP contribution in [-0.4, -0.2) is 46.4 Å². The van der Waals surface area contributed by atoms with E-state index in [2.05, 4.69) is 9.30 Å². The summed E-state index contributed by atoms with van der Waals surface area (Å²) in [7, 11) is 0. The van der Waals surface area contributed by atoms with E-state index in [4.69, 9.17) is 4.74 Å². The first-order valence-electron chi connectivity index (χ1n) is 8.55. The Morgan fingerprint density at radius 3 is 2.58 bits per heavy atom. The first kappa shape index (κ1) is 19.2. The molecule has 3 rings (SSSR count). The van der Waals surface area contributed by atoms with E-state index >= 15 is 0 Å². The molecule has 1 aromatic carbocycles. The van der Waals surface area contributed by atoms with Crippen molar-refractivity contribution in [2.75, 3.05) is 31.2 Å². The van der Waals surface area contributed by atoms with Gasteiger partial charge in [0, 0.05) is 41.4 Å². The number of phenolic OH excluding ortho intramolecular Hbond substituents is 1. The standard InChI is InChI=1S/C19H24N2O3S2/c1-19(2,3)26(23)20-18(14-6-11-25-13-14)16-5-4-15(12-17(16)22)21-7-9-24-10-8-21/h4-6,11-13,22H,7-10H2,1-3H3/b20-18-. The summed E-state index contributed by atoms with van der Waals surface area (Å²) in [6.07, 6.45) is 0. The zero-order valence-electron chi connectivity index (χ0n) is 15.3. The molecule has 1 aliphatic heterocycles. The lowest BCUT2D eigenvalue weighted by Crippen LogP contribution is -2.36. The Labute approximate surface area is 161 Å². The van der Waals surface area contributed by atoms with Gasteiger partial charge in [-0.25, -0.2) is 0 Å². The fourth-order valence-corrected chi connectivity index (χ4v) is 3.90. The third kappa shape index (κ3) is 4.40. The van der Waals surface area contributed by atoms with Crippen LogP contribution in [0.3, 0.4) is 0 Å². The van der Waals surface area contributed by atoms with Crippen molar-refractivity contribution in [2.45, 2.75) is 25.5 Å². The van der Waals surface area contributed by atoms with Crippen molar-refractivity contribution in [1.82, 2.24) is 0 Å². The van der Waals surface area contributed by atoms with Crippen molar-refractivity contribution in [2.24, 2.45) is 4.40 Å². The first-order chi connectivity index (χ1) is 12.4. The van der Waals surface area contributed by atoms with Crippen LogP contribution in [0.5, 0.6) is 5.75 Å². The summed E-state index contributed by atoms with van der Waals surface area (Å²) >= 11 is 0.129. The van der Waals surface area contributed by atoms with Crippen LogP contribution in [0.4, 0.5) is 5.69 Å². The maximum Gasteiger partial charge on any atom is 0.144 e. The molecule has 1 aromatic heterocycles. The van der Waals surface area contributed by atoms with E-state index in [0.29, 0.717) is 24.5 Å². The fraction of sp³-hybridized carbons (Fsp3) is 0.421. The largest absolute Gasteiger partial charge is 0.591 e. The maximum atomic E-state index is 12.6. The monoisotopic (exact) mass is 392 g/mol. The van der Waals surface area contributed by atoms with Crippen LogP contribution < -0.4 is 4.90 Å². The van der Waals surface area contributed by atoms with Gasteiger partial charge in [0.15, 0.2) is 0 Å². The topological polar surface area (TPSA) is 68.1 Å². The number of benzene rings is 1. The molecule has 5 nitrogen and oxygen atoms in total. The van der Waals surface area contributed by atoms with Crippen molar-refractivity contribution < 1.29 is 14.4 Å². The molecule has 2 aromatic rings. The quantitative estimate of drug-likeness (QED) is 0.638. The van der Waals surface area contributed by atoms with Crippen LogP contribution >= 0.6 is 11.3 Å². The van der Waals surface area contributed by atoms with E-state index in [0.717, 1.165) is 24.3 Å². The fourth-order valence-electron chi connectivity index (χ4n) is 2.61.